The zero-order valence-corrected chi connectivity index (χ0v) is 11.3. The van der Waals surface area contributed by atoms with E-state index in [1.165, 1.54) is 16.0 Å². The van der Waals surface area contributed by atoms with Crippen molar-refractivity contribution in [3.63, 3.8) is 0 Å². The number of rotatable bonds is 5. The number of hydrogen-bond donors (Lipinski definition) is 1. The van der Waals surface area contributed by atoms with Crippen molar-refractivity contribution in [2.75, 3.05) is 6.54 Å². The standard InChI is InChI=1S/C15H19NS/c1-3-16-14(15-9-6-10-17-15)11-13-8-5-4-7-12(13)2/h4-10,14,16H,3,11H2,1-2H3. The summed E-state index contributed by atoms with van der Waals surface area (Å²) in [5.41, 5.74) is 2.82. The molecule has 1 N–H and O–H groups in total. The summed E-state index contributed by atoms with van der Waals surface area (Å²) < 4.78 is 0. The van der Waals surface area contributed by atoms with Gasteiger partial charge in [-0.15, -0.1) is 11.3 Å². The van der Waals surface area contributed by atoms with E-state index in [9.17, 15) is 0 Å². The lowest BCUT2D eigenvalue weighted by atomic mass is 10.0. The van der Waals surface area contributed by atoms with Crippen LogP contribution in [0.2, 0.25) is 0 Å². The molecule has 1 unspecified atom stereocenters. The van der Waals surface area contributed by atoms with Crippen molar-refractivity contribution >= 4 is 11.3 Å². The molecule has 2 heteroatoms. The lowest BCUT2D eigenvalue weighted by Gasteiger charge is -2.17. The Balaban J connectivity index is 2.16. The third kappa shape index (κ3) is 3.18. The van der Waals surface area contributed by atoms with Gasteiger partial charge in [0.1, 0.15) is 0 Å². The molecule has 0 aliphatic carbocycles. The summed E-state index contributed by atoms with van der Waals surface area (Å²) in [5.74, 6) is 0. The first kappa shape index (κ1) is 12.3. The van der Waals surface area contributed by atoms with E-state index in [0.29, 0.717) is 6.04 Å². The van der Waals surface area contributed by atoms with E-state index >= 15 is 0 Å². The van der Waals surface area contributed by atoms with Crippen LogP contribution in [0.5, 0.6) is 0 Å². The average molecular weight is 245 g/mol. The smallest absolute Gasteiger partial charge is 0.0455 e. The summed E-state index contributed by atoms with van der Waals surface area (Å²) >= 11 is 1.83. The number of aryl methyl sites for hydroxylation is 1. The summed E-state index contributed by atoms with van der Waals surface area (Å²) in [7, 11) is 0. The molecule has 0 aliphatic rings. The molecule has 0 fully saturated rings. The molecule has 0 amide bonds. The first-order chi connectivity index (χ1) is 8.31. The molecule has 0 aliphatic heterocycles. The van der Waals surface area contributed by atoms with Crippen LogP contribution < -0.4 is 5.32 Å². The van der Waals surface area contributed by atoms with Crippen molar-refractivity contribution in [1.82, 2.24) is 5.32 Å². The number of benzene rings is 1. The van der Waals surface area contributed by atoms with Crippen molar-refractivity contribution in [2.24, 2.45) is 0 Å². The van der Waals surface area contributed by atoms with Gasteiger partial charge in [0.25, 0.3) is 0 Å². The van der Waals surface area contributed by atoms with Gasteiger partial charge < -0.3 is 5.32 Å². The quantitative estimate of drug-likeness (QED) is 0.841. The molecule has 1 atom stereocenters. The molecule has 1 heterocycles. The van der Waals surface area contributed by atoms with Crippen LogP contribution in [0.1, 0.15) is 29.0 Å². The topological polar surface area (TPSA) is 12.0 Å². The van der Waals surface area contributed by atoms with E-state index in [1.54, 1.807) is 0 Å². The number of likely N-dealkylation sites (N-methyl/N-ethyl adjacent to an activating group) is 1. The molecule has 0 spiro atoms. The summed E-state index contributed by atoms with van der Waals surface area (Å²) in [5, 5.41) is 5.72. The molecular weight excluding hydrogens is 226 g/mol. The van der Waals surface area contributed by atoms with Crippen LogP contribution in [-0.2, 0) is 6.42 Å². The molecule has 2 rings (SSSR count). The molecule has 1 aromatic heterocycles. The summed E-state index contributed by atoms with van der Waals surface area (Å²) in [4.78, 5) is 1.43. The summed E-state index contributed by atoms with van der Waals surface area (Å²) in [6.07, 6.45) is 1.07. The fourth-order valence-electron chi connectivity index (χ4n) is 2.07. The second kappa shape index (κ2) is 5.99. The maximum absolute atomic E-state index is 3.57. The summed E-state index contributed by atoms with van der Waals surface area (Å²) in [6.45, 7) is 5.36. The van der Waals surface area contributed by atoms with E-state index < -0.39 is 0 Å². The highest BCUT2D eigenvalue weighted by Crippen LogP contribution is 2.24. The lowest BCUT2D eigenvalue weighted by Crippen LogP contribution is -2.22. The van der Waals surface area contributed by atoms with Crippen LogP contribution in [0.4, 0.5) is 0 Å². The van der Waals surface area contributed by atoms with Crippen molar-refractivity contribution in [2.45, 2.75) is 26.3 Å². The van der Waals surface area contributed by atoms with Crippen molar-refractivity contribution < 1.29 is 0 Å². The molecule has 1 aromatic carbocycles. The van der Waals surface area contributed by atoms with Crippen LogP contribution in [0, 0.1) is 6.92 Å². The van der Waals surface area contributed by atoms with E-state index in [-0.39, 0.29) is 0 Å². The molecule has 0 saturated carbocycles. The van der Waals surface area contributed by atoms with E-state index in [2.05, 4.69) is 60.9 Å². The second-order valence-corrected chi connectivity index (χ2v) is 5.24. The minimum atomic E-state index is 0.445. The van der Waals surface area contributed by atoms with Crippen LogP contribution in [0.25, 0.3) is 0 Å². The van der Waals surface area contributed by atoms with E-state index in [4.69, 9.17) is 0 Å². The zero-order valence-electron chi connectivity index (χ0n) is 10.4. The SMILES string of the molecule is CCNC(Cc1ccccc1C)c1cccs1. The van der Waals surface area contributed by atoms with E-state index in [1.807, 2.05) is 11.3 Å². The highest BCUT2D eigenvalue weighted by Gasteiger charge is 2.12. The maximum Gasteiger partial charge on any atom is 0.0455 e. The second-order valence-electron chi connectivity index (χ2n) is 4.26. The Labute approximate surface area is 108 Å². The molecule has 0 saturated heterocycles. The van der Waals surface area contributed by atoms with Gasteiger partial charge in [0.15, 0.2) is 0 Å². The Morgan fingerprint density at radius 2 is 2.00 bits per heavy atom. The number of nitrogens with one attached hydrogen (secondary N) is 1. The van der Waals surface area contributed by atoms with Gasteiger partial charge >= 0.3 is 0 Å². The molecule has 17 heavy (non-hydrogen) atoms. The predicted octanol–water partition coefficient (Wildman–Crippen LogP) is 3.95. The molecule has 0 radical (unpaired) electrons. The predicted molar refractivity (Wildman–Crippen MR) is 75.6 cm³/mol. The Bertz CT molecular complexity index is 448. The molecule has 2 aromatic rings. The van der Waals surface area contributed by atoms with Gasteiger partial charge in [0, 0.05) is 10.9 Å². The van der Waals surface area contributed by atoms with E-state index in [0.717, 1.165) is 13.0 Å². The minimum Gasteiger partial charge on any atom is -0.309 e. The van der Waals surface area contributed by atoms with Crippen LogP contribution in [-0.4, -0.2) is 6.54 Å². The van der Waals surface area contributed by atoms with Gasteiger partial charge in [-0.1, -0.05) is 37.3 Å². The van der Waals surface area contributed by atoms with Crippen LogP contribution >= 0.6 is 11.3 Å². The van der Waals surface area contributed by atoms with Gasteiger partial charge in [-0.05, 0) is 42.5 Å². The number of thiophene rings is 1. The number of hydrogen-bond acceptors (Lipinski definition) is 2. The Kier molecular flexibility index (Phi) is 4.35. The average Bonchev–Trinajstić information content (AvgIpc) is 2.85. The normalized spacial score (nSPS) is 12.6. The highest BCUT2D eigenvalue weighted by molar-refractivity contribution is 7.10. The third-order valence-corrected chi connectivity index (χ3v) is 4.01. The largest absolute Gasteiger partial charge is 0.309 e. The van der Waals surface area contributed by atoms with Crippen LogP contribution in [0.15, 0.2) is 41.8 Å². The Morgan fingerprint density at radius 3 is 2.65 bits per heavy atom. The molecule has 1 nitrogen and oxygen atoms in total. The summed E-state index contributed by atoms with van der Waals surface area (Å²) in [6, 6.07) is 13.4. The molecule has 0 bridgehead atoms. The first-order valence-corrected chi connectivity index (χ1v) is 7.00. The molecular formula is C15H19NS. The lowest BCUT2D eigenvalue weighted by molar-refractivity contribution is 0.557. The Morgan fingerprint density at radius 1 is 1.18 bits per heavy atom. The Hall–Kier alpha value is -1.12. The van der Waals surface area contributed by atoms with Gasteiger partial charge in [0.2, 0.25) is 0 Å². The van der Waals surface area contributed by atoms with Crippen LogP contribution in [0.3, 0.4) is 0 Å². The maximum atomic E-state index is 3.57. The fourth-order valence-corrected chi connectivity index (χ4v) is 2.87. The van der Waals surface area contributed by atoms with Gasteiger partial charge in [-0.3, -0.25) is 0 Å². The highest BCUT2D eigenvalue weighted by atomic mass is 32.1. The monoisotopic (exact) mass is 245 g/mol. The fraction of sp³-hybridized carbons (Fsp3) is 0.333. The van der Waals surface area contributed by atoms with Crippen molar-refractivity contribution in [3.05, 3.63) is 57.8 Å². The van der Waals surface area contributed by atoms with Gasteiger partial charge in [-0.25, -0.2) is 0 Å². The molecule has 90 valence electrons. The zero-order chi connectivity index (χ0) is 12.1. The minimum absolute atomic E-state index is 0.445. The third-order valence-electron chi connectivity index (χ3n) is 3.02. The van der Waals surface area contributed by atoms with Gasteiger partial charge in [0.05, 0.1) is 0 Å². The van der Waals surface area contributed by atoms with Gasteiger partial charge in [-0.2, -0.15) is 0 Å². The van der Waals surface area contributed by atoms with Crippen molar-refractivity contribution in [3.8, 4) is 0 Å². The van der Waals surface area contributed by atoms with Crippen molar-refractivity contribution in [1.29, 1.82) is 0 Å². The first-order valence-electron chi connectivity index (χ1n) is 6.12.